The van der Waals surface area contributed by atoms with E-state index in [0.717, 1.165) is 23.1 Å². The van der Waals surface area contributed by atoms with Crippen LogP contribution in [-0.4, -0.2) is 48.3 Å². The lowest BCUT2D eigenvalue weighted by Crippen LogP contribution is -2.32. The molecular weight excluding hydrogens is 574 g/mol. The number of dihydropyridines is 1. The highest BCUT2D eigenvalue weighted by atomic mass is 16.6. The fourth-order valence-electron chi connectivity index (χ4n) is 5.20. The normalized spacial score (nSPS) is 15.0. The van der Waals surface area contributed by atoms with E-state index in [9.17, 15) is 19.7 Å². The van der Waals surface area contributed by atoms with Crippen LogP contribution in [0.5, 0.6) is 0 Å². The standard InChI is InChI=1S/C35H37N3O7/c1-5-44-34(39)31-24(3)37-25(4)32(33(31)29-9-6-10-30(20-29)38(41)42)35(40)45-17-16-43-22-23(2)18-26-11-13-27(14-12-26)19-28-8-7-15-36-21-28/h6-15,18,20-21,33,37H,5,16-17,19,22H2,1-4H3/b23-18+. The van der Waals surface area contributed by atoms with Crippen molar-refractivity contribution in [2.45, 2.75) is 40.0 Å². The lowest BCUT2D eigenvalue weighted by Gasteiger charge is -2.30. The zero-order valence-corrected chi connectivity index (χ0v) is 25.9. The second kappa shape index (κ2) is 15.6. The first kappa shape index (κ1) is 32.8. The Hall–Kier alpha value is -5.09. The van der Waals surface area contributed by atoms with Gasteiger partial charge < -0.3 is 19.5 Å². The van der Waals surface area contributed by atoms with Crippen LogP contribution < -0.4 is 5.32 Å². The number of rotatable bonds is 13. The number of nitro groups is 1. The molecule has 0 bridgehead atoms. The van der Waals surface area contributed by atoms with Crippen molar-refractivity contribution in [1.29, 1.82) is 0 Å². The summed E-state index contributed by atoms with van der Waals surface area (Å²) in [4.78, 5) is 41.6. The summed E-state index contributed by atoms with van der Waals surface area (Å²) in [5.41, 5.74) is 5.99. The molecule has 3 aromatic rings. The van der Waals surface area contributed by atoms with Crippen molar-refractivity contribution in [3.8, 4) is 0 Å². The van der Waals surface area contributed by atoms with Gasteiger partial charge in [0.15, 0.2) is 0 Å². The largest absolute Gasteiger partial charge is 0.463 e. The Morgan fingerprint density at radius 2 is 1.67 bits per heavy atom. The maximum absolute atomic E-state index is 13.4. The molecule has 10 heteroatoms. The molecular formula is C35H37N3O7. The molecule has 0 spiro atoms. The van der Waals surface area contributed by atoms with Crippen LogP contribution >= 0.6 is 0 Å². The van der Waals surface area contributed by atoms with Crippen molar-refractivity contribution in [3.63, 3.8) is 0 Å². The van der Waals surface area contributed by atoms with E-state index >= 15 is 0 Å². The zero-order valence-electron chi connectivity index (χ0n) is 25.9. The highest BCUT2D eigenvalue weighted by molar-refractivity contribution is 6.00. The summed E-state index contributed by atoms with van der Waals surface area (Å²) in [7, 11) is 0. The molecule has 2 aromatic carbocycles. The summed E-state index contributed by atoms with van der Waals surface area (Å²) in [6.07, 6.45) is 6.48. The van der Waals surface area contributed by atoms with E-state index in [1.807, 2.05) is 25.3 Å². The number of ether oxygens (including phenoxy) is 3. The number of aromatic nitrogens is 1. The Labute approximate surface area is 262 Å². The molecule has 0 aliphatic carbocycles. The van der Waals surface area contributed by atoms with Gasteiger partial charge in [0, 0.05) is 35.9 Å². The molecule has 1 aromatic heterocycles. The summed E-state index contributed by atoms with van der Waals surface area (Å²) < 4.78 is 16.6. The van der Waals surface area contributed by atoms with Gasteiger partial charge in [0.05, 0.1) is 41.8 Å². The van der Waals surface area contributed by atoms with E-state index in [4.69, 9.17) is 14.2 Å². The molecule has 45 heavy (non-hydrogen) atoms. The predicted molar refractivity (Wildman–Crippen MR) is 170 cm³/mol. The van der Waals surface area contributed by atoms with Crippen LogP contribution in [0, 0.1) is 10.1 Å². The van der Waals surface area contributed by atoms with E-state index < -0.39 is 22.8 Å². The maximum atomic E-state index is 13.4. The number of carbonyl (C=O) groups excluding carboxylic acids is 2. The predicted octanol–water partition coefficient (Wildman–Crippen LogP) is 6.04. The minimum Gasteiger partial charge on any atom is -0.463 e. The van der Waals surface area contributed by atoms with Crippen LogP contribution in [0.4, 0.5) is 5.69 Å². The quantitative estimate of drug-likeness (QED) is 0.106. The molecule has 10 nitrogen and oxygen atoms in total. The maximum Gasteiger partial charge on any atom is 0.336 e. The number of hydrogen-bond acceptors (Lipinski definition) is 9. The minimum absolute atomic E-state index is 0.0228. The summed E-state index contributed by atoms with van der Waals surface area (Å²) in [6.45, 7) is 7.65. The lowest BCUT2D eigenvalue weighted by molar-refractivity contribution is -0.384. The van der Waals surface area contributed by atoms with Crippen molar-refractivity contribution in [2.24, 2.45) is 0 Å². The molecule has 0 saturated carbocycles. The molecule has 1 atom stereocenters. The van der Waals surface area contributed by atoms with Gasteiger partial charge in [0.25, 0.3) is 5.69 Å². The third kappa shape index (κ3) is 8.73. The number of nitrogens with one attached hydrogen (secondary N) is 1. The van der Waals surface area contributed by atoms with Crippen molar-refractivity contribution >= 4 is 23.7 Å². The molecule has 0 radical (unpaired) electrons. The molecule has 1 N–H and O–H groups in total. The monoisotopic (exact) mass is 611 g/mol. The van der Waals surface area contributed by atoms with Crippen molar-refractivity contribution in [2.75, 3.05) is 26.4 Å². The Kier molecular flexibility index (Phi) is 11.4. The van der Waals surface area contributed by atoms with Gasteiger partial charge in [-0.15, -0.1) is 0 Å². The highest BCUT2D eigenvalue weighted by Gasteiger charge is 2.38. The molecule has 1 unspecified atom stereocenters. The SMILES string of the molecule is CCOC(=O)C1=C(C)NC(C)=C(C(=O)OCCOC/C(C)=C/c2ccc(Cc3cccnc3)cc2)C1c1cccc([N+](=O)[O-])c1. The van der Waals surface area contributed by atoms with E-state index in [0.29, 0.717) is 23.6 Å². The van der Waals surface area contributed by atoms with Gasteiger partial charge in [-0.3, -0.25) is 15.1 Å². The van der Waals surface area contributed by atoms with Crippen LogP contribution in [-0.2, 0) is 30.2 Å². The highest BCUT2D eigenvalue weighted by Crippen LogP contribution is 2.40. The Morgan fingerprint density at radius 3 is 2.31 bits per heavy atom. The summed E-state index contributed by atoms with van der Waals surface area (Å²) in [6, 6.07) is 18.2. The van der Waals surface area contributed by atoms with Gasteiger partial charge >= 0.3 is 11.9 Å². The second-order valence-corrected chi connectivity index (χ2v) is 10.7. The molecule has 0 amide bonds. The van der Waals surface area contributed by atoms with Gasteiger partial charge in [0.2, 0.25) is 0 Å². The van der Waals surface area contributed by atoms with Gasteiger partial charge in [-0.25, -0.2) is 9.59 Å². The number of nitro benzene ring substituents is 1. The van der Waals surface area contributed by atoms with Crippen LogP contribution in [0.15, 0.2) is 101 Å². The fourth-order valence-corrected chi connectivity index (χ4v) is 5.20. The average Bonchev–Trinajstić information content (AvgIpc) is 3.02. The van der Waals surface area contributed by atoms with Crippen LogP contribution in [0.25, 0.3) is 6.08 Å². The molecule has 0 fully saturated rings. The van der Waals surface area contributed by atoms with E-state index in [1.165, 1.54) is 23.8 Å². The van der Waals surface area contributed by atoms with Crippen molar-refractivity contribution < 1.29 is 28.7 Å². The average molecular weight is 612 g/mol. The Balaban J connectivity index is 1.37. The number of carbonyl (C=O) groups is 2. The third-order valence-corrected chi connectivity index (χ3v) is 7.20. The van der Waals surface area contributed by atoms with Gasteiger partial charge in [-0.2, -0.15) is 0 Å². The lowest BCUT2D eigenvalue weighted by atomic mass is 9.80. The van der Waals surface area contributed by atoms with Crippen LogP contribution in [0.2, 0.25) is 0 Å². The smallest absolute Gasteiger partial charge is 0.336 e. The third-order valence-electron chi connectivity index (χ3n) is 7.20. The van der Waals surface area contributed by atoms with Crippen molar-refractivity contribution in [3.05, 3.63) is 134 Å². The zero-order chi connectivity index (χ0) is 32.3. The van der Waals surface area contributed by atoms with Crippen molar-refractivity contribution in [1.82, 2.24) is 10.3 Å². The Morgan fingerprint density at radius 1 is 0.956 bits per heavy atom. The molecule has 0 saturated heterocycles. The number of hydrogen-bond donors (Lipinski definition) is 1. The van der Waals surface area contributed by atoms with E-state index in [1.54, 1.807) is 33.0 Å². The number of benzene rings is 2. The second-order valence-electron chi connectivity index (χ2n) is 10.7. The number of non-ortho nitro benzene ring substituents is 1. The summed E-state index contributed by atoms with van der Waals surface area (Å²) in [5.74, 6) is -2.20. The first-order valence-electron chi connectivity index (χ1n) is 14.7. The minimum atomic E-state index is -0.917. The number of esters is 2. The Bertz CT molecular complexity index is 1630. The molecule has 1 aliphatic rings. The molecule has 2 heterocycles. The van der Waals surface area contributed by atoms with E-state index in [-0.39, 0.29) is 36.7 Å². The first-order valence-corrected chi connectivity index (χ1v) is 14.7. The van der Waals surface area contributed by atoms with Gasteiger partial charge in [-0.1, -0.05) is 48.5 Å². The molecule has 1 aliphatic heterocycles. The van der Waals surface area contributed by atoms with Crippen LogP contribution in [0.3, 0.4) is 0 Å². The number of pyridine rings is 1. The van der Waals surface area contributed by atoms with Gasteiger partial charge in [0.1, 0.15) is 6.61 Å². The molecule has 4 rings (SSSR count). The number of nitrogens with zero attached hydrogens (tertiary/aromatic N) is 2. The first-order chi connectivity index (χ1) is 21.7. The summed E-state index contributed by atoms with van der Waals surface area (Å²) >= 11 is 0. The number of allylic oxidation sites excluding steroid dienone is 2. The summed E-state index contributed by atoms with van der Waals surface area (Å²) in [5, 5.41) is 14.6. The molecule has 234 valence electrons. The van der Waals surface area contributed by atoms with Crippen LogP contribution in [0.1, 0.15) is 55.9 Å². The van der Waals surface area contributed by atoms with E-state index in [2.05, 4.69) is 40.6 Å². The topological polar surface area (TPSA) is 130 Å². The van der Waals surface area contributed by atoms with Gasteiger partial charge in [-0.05, 0) is 68.0 Å². The fraction of sp³-hybridized carbons (Fsp3) is 0.286.